The number of hydrogen-bond donors (Lipinski definition) is 1. The lowest BCUT2D eigenvalue weighted by Gasteiger charge is -2.13. The van der Waals surface area contributed by atoms with Crippen molar-refractivity contribution in [2.45, 2.75) is 19.5 Å². The van der Waals surface area contributed by atoms with E-state index in [-0.39, 0.29) is 6.04 Å². The van der Waals surface area contributed by atoms with Gasteiger partial charge in [-0.3, -0.25) is 0 Å². The molecular weight excluding hydrogens is 255 g/mol. The first-order valence-corrected chi connectivity index (χ1v) is 6.18. The molecule has 1 unspecified atom stereocenters. The van der Waals surface area contributed by atoms with Crippen LogP contribution in [-0.2, 0) is 6.54 Å². The SMILES string of the molecule is CC(N)c1cccn1Cc1cc(Cl)ccc1Cl. The highest BCUT2D eigenvalue weighted by atomic mass is 35.5. The molecule has 0 aliphatic carbocycles. The van der Waals surface area contributed by atoms with Gasteiger partial charge in [0.05, 0.1) is 0 Å². The first-order chi connectivity index (χ1) is 8.08. The van der Waals surface area contributed by atoms with Crippen LogP contribution in [0, 0.1) is 0 Å². The van der Waals surface area contributed by atoms with Gasteiger partial charge in [-0.25, -0.2) is 0 Å². The lowest BCUT2D eigenvalue weighted by Crippen LogP contribution is -2.12. The first-order valence-electron chi connectivity index (χ1n) is 5.42. The summed E-state index contributed by atoms with van der Waals surface area (Å²) in [5, 5.41) is 1.41. The number of hydrogen-bond acceptors (Lipinski definition) is 1. The summed E-state index contributed by atoms with van der Waals surface area (Å²) in [6, 6.07) is 9.49. The predicted octanol–water partition coefficient (Wildman–Crippen LogP) is 3.86. The summed E-state index contributed by atoms with van der Waals surface area (Å²) < 4.78 is 2.09. The zero-order valence-electron chi connectivity index (χ0n) is 9.53. The second-order valence-electron chi connectivity index (χ2n) is 4.09. The monoisotopic (exact) mass is 268 g/mol. The Balaban J connectivity index is 2.31. The molecule has 1 atom stereocenters. The van der Waals surface area contributed by atoms with Crippen LogP contribution < -0.4 is 5.73 Å². The molecule has 1 heterocycles. The molecule has 17 heavy (non-hydrogen) atoms. The summed E-state index contributed by atoms with van der Waals surface area (Å²) in [4.78, 5) is 0. The van der Waals surface area contributed by atoms with Crippen molar-refractivity contribution < 1.29 is 0 Å². The molecule has 0 aliphatic heterocycles. The minimum atomic E-state index is 0.00274. The van der Waals surface area contributed by atoms with Crippen LogP contribution >= 0.6 is 23.2 Å². The third kappa shape index (κ3) is 2.83. The Bertz CT molecular complexity index is 518. The van der Waals surface area contributed by atoms with E-state index in [9.17, 15) is 0 Å². The summed E-state index contributed by atoms with van der Waals surface area (Å²) in [6.45, 7) is 2.65. The van der Waals surface area contributed by atoms with Gasteiger partial charge in [0, 0.05) is 34.5 Å². The molecule has 90 valence electrons. The van der Waals surface area contributed by atoms with Crippen molar-refractivity contribution in [3.8, 4) is 0 Å². The van der Waals surface area contributed by atoms with Crippen LogP contribution in [0.1, 0.15) is 24.2 Å². The molecule has 0 fully saturated rings. The highest BCUT2D eigenvalue weighted by Gasteiger charge is 2.08. The Morgan fingerprint density at radius 1 is 1.29 bits per heavy atom. The Labute approximate surface area is 111 Å². The van der Waals surface area contributed by atoms with Crippen LogP contribution in [0.25, 0.3) is 0 Å². The summed E-state index contributed by atoms with van der Waals surface area (Å²) in [6.07, 6.45) is 2.00. The summed E-state index contributed by atoms with van der Waals surface area (Å²) in [5.74, 6) is 0. The minimum absolute atomic E-state index is 0.00274. The fraction of sp³-hybridized carbons (Fsp3) is 0.231. The molecule has 0 radical (unpaired) electrons. The zero-order valence-corrected chi connectivity index (χ0v) is 11.0. The maximum atomic E-state index is 6.14. The largest absolute Gasteiger partial charge is 0.346 e. The van der Waals surface area contributed by atoms with E-state index < -0.39 is 0 Å². The van der Waals surface area contributed by atoms with Crippen LogP contribution in [0.15, 0.2) is 36.5 Å². The molecular formula is C13H14Cl2N2. The molecule has 0 saturated heterocycles. The second kappa shape index (κ2) is 5.13. The topological polar surface area (TPSA) is 30.9 Å². The molecule has 4 heteroatoms. The van der Waals surface area contributed by atoms with Crippen LogP contribution in [0.2, 0.25) is 10.0 Å². The quantitative estimate of drug-likeness (QED) is 0.901. The van der Waals surface area contributed by atoms with Gasteiger partial charge in [-0.2, -0.15) is 0 Å². The van der Waals surface area contributed by atoms with Gasteiger partial charge >= 0.3 is 0 Å². The van der Waals surface area contributed by atoms with Crippen molar-refractivity contribution in [3.63, 3.8) is 0 Å². The fourth-order valence-electron chi connectivity index (χ4n) is 1.83. The lowest BCUT2D eigenvalue weighted by atomic mass is 10.2. The van der Waals surface area contributed by atoms with Crippen LogP contribution in [0.4, 0.5) is 0 Å². The van der Waals surface area contributed by atoms with Crippen molar-refractivity contribution in [3.05, 3.63) is 57.8 Å². The van der Waals surface area contributed by atoms with E-state index in [1.807, 2.05) is 37.4 Å². The molecule has 1 aromatic carbocycles. The van der Waals surface area contributed by atoms with Crippen molar-refractivity contribution in [2.24, 2.45) is 5.73 Å². The van der Waals surface area contributed by atoms with Crippen molar-refractivity contribution in [1.82, 2.24) is 4.57 Å². The van der Waals surface area contributed by atoms with Crippen molar-refractivity contribution in [1.29, 1.82) is 0 Å². The summed E-state index contributed by atoms with van der Waals surface area (Å²) in [5.41, 5.74) is 7.98. The van der Waals surface area contributed by atoms with E-state index in [0.717, 1.165) is 16.3 Å². The van der Waals surface area contributed by atoms with Gasteiger partial charge in [0.25, 0.3) is 0 Å². The normalized spacial score (nSPS) is 12.7. The maximum Gasteiger partial charge on any atom is 0.0488 e. The fourth-order valence-corrected chi connectivity index (χ4v) is 2.20. The van der Waals surface area contributed by atoms with Crippen LogP contribution in [-0.4, -0.2) is 4.57 Å². The Kier molecular flexibility index (Phi) is 3.77. The first kappa shape index (κ1) is 12.5. The lowest BCUT2D eigenvalue weighted by molar-refractivity contribution is 0.675. The average molecular weight is 269 g/mol. The summed E-state index contributed by atoms with van der Waals surface area (Å²) in [7, 11) is 0. The highest BCUT2D eigenvalue weighted by molar-refractivity contribution is 6.33. The van der Waals surface area contributed by atoms with Crippen molar-refractivity contribution in [2.75, 3.05) is 0 Å². The Hall–Kier alpha value is -0.960. The van der Waals surface area contributed by atoms with E-state index in [2.05, 4.69) is 4.57 Å². The molecule has 0 spiro atoms. The molecule has 2 rings (SSSR count). The predicted molar refractivity (Wildman–Crippen MR) is 72.6 cm³/mol. The maximum absolute atomic E-state index is 6.14. The van der Waals surface area contributed by atoms with Gasteiger partial charge < -0.3 is 10.3 Å². The van der Waals surface area contributed by atoms with E-state index in [0.29, 0.717) is 11.6 Å². The Morgan fingerprint density at radius 3 is 2.76 bits per heavy atom. The summed E-state index contributed by atoms with van der Waals surface area (Å²) >= 11 is 12.1. The molecule has 2 aromatic rings. The van der Waals surface area contributed by atoms with Gasteiger partial charge in [0.2, 0.25) is 0 Å². The van der Waals surface area contributed by atoms with Gasteiger partial charge in [-0.05, 0) is 42.8 Å². The van der Waals surface area contributed by atoms with Gasteiger partial charge in [0.15, 0.2) is 0 Å². The van der Waals surface area contributed by atoms with E-state index in [1.165, 1.54) is 0 Å². The number of benzene rings is 1. The van der Waals surface area contributed by atoms with Crippen molar-refractivity contribution >= 4 is 23.2 Å². The second-order valence-corrected chi connectivity index (χ2v) is 4.93. The molecule has 0 bridgehead atoms. The standard InChI is InChI=1S/C13H14Cl2N2/c1-9(16)13-3-2-6-17(13)8-10-7-11(14)4-5-12(10)15/h2-7,9H,8,16H2,1H3. The van der Waals surface area contributed by atoms with E-state index in [1.54, 1.807) is 6.07 Å². The van der Waals surface area contributed by atoms with Crippen LogP contribution in [0.5, 0.6) is 0 Å². The molecule has 1 aromatic heterocycles. The minimum Gasteiger partial charge on any atom is -0.346 e. The average Bonchev–Trinajstić information content (AvgIpc) is 2.71. The molecule has 2 N–H and O–H groups in total. The third-order valence-electron chi connectivity index (χ3n) is 2.68. The van der Waals surface area contributed by atoms with Gasteiger partial charge in [0.1, 0.15) is 0 Å². The van der Waals surface area contributed by atoms with E-state index >= 15 is 0 Å². The highest BCUT2D eigenvalue weighted by Crippen LogP contribution is 2.23. The number of aromatic nitrogens is 1. The van der Waals surface area contributed by atoms with E-state index in [4.69, 9.17) is 28.9 Å². The third-order valence-corrected chi connectivity index (χ3v) is 3.28. The number of halogens is 2. The number of nitrogens with two attached hydrogens (primary N) is 1. The van der Waals surface area contributed by atoms with Crippen LogP contribution in [0.3, 0.4) is 0 Å². The zero-order chi connectivity index (χ0) is 12.4. The number of rotatable bonds is 3. The molecule has 0 saturated carbocycles. The number of nitrogens with zero attached hydrogens (tertiary/aromatic N) is 1. The van der Waals surface area contributed by atoms with Gasteiger partial charge in [-0.1, -0.05) is 23.2 Å². The Morgan fingerprint density at radius 2 is 2.06 bits per heavy atom. The molecule has 0 amide bonds. The smallest absolute Gasteiger partial charge is 0.0488 e. The van der Waals surface area contributed by atoms with Gasteiger partial charge in [-0.15, -0.1) is 0 Å². The molecule has 2 nitrogen and oxygen atoms in total. The molecule has 0 aliphatic rings.